The summed E-state index contributed by atoms with van der Waals surface area (Å²) in [7, 11) is 1.37. The molecule has 14 heavy (non-hydrogen) atoms. The first-order valence-electron chi connectivity index (χ1n) is 3.88. The van der Waals surface area contributed by atoms with E-state index in [-0.39, 0.29) is 5.97 Å². The van der Waals surface area contributed by atoms with Crippen molar-refractivity contribution in [1.82, 2.24) is 9.36 Å². The topological polar surface area (TPSA) is 52.1 Å². The third-order valence-corrected chi connectivity index (χ3v) is 3.17. The van der Waals surface area contributed by atoms with Gasteiger partial charge in [-0.25, -0.2) is 9.78 Å². The number of aromatic nitrogens is 2. The largest absolute Gasteiger partial charge is 0.466 e. The van der Waals surface area contributed by atoms with Crippen molar-refractivity contribution in [2.24, 2.45) is 0 Å². The molecule has 0 bridgehead atoms. The monoisotopic (exact) mass is 230 g/mol. The molecule has 1 aromatic heterocycles. The van der Waals surface area contributed by atoms with E-state index in [4.69, 9.17) is 0 Å². The van der Waals surface area contributed by atoms with Gasteiger partial charge in [0.15, 0.2) is 4.34 Å². The van der Waals surface area contributed by atoms with Crippen LogP contribution in [0.2, 0.25) is 0 Å². The van der Waals surface area contributed by atoms with Crippen LogP contribution >= 0.6 is 23.3 Å². The van der Waals surface area contributed by atoms with Gasteiger partial charge in [0.05, 0.1) is 7.11 Å². The maximum absolute atomic E-state index is 11.0. The molecule has 0 aliphatic rings. The van der Waals surface area contributed by atoms with Crippen molar-refractivity contribution < 1.29 is 9.53 Å². The van der Waals surface area contributed by atoms with Crippen LogP contribution < -0.4 is 0 Å². The van der Waals surface area contributed by atoms with E-state index in [1.165, 1.54) is 25.0 Å². The highest BCUT2D eigenvalue weighted by Crippen LogP contribution is 2.18. The first-order chi connectivity index (χ1) is 6.74. The van der Waals surface area contributed by atoms with Gasteiger partial charge >= 0.3 is 5.97 Å². The van der Waals surface area contributed by atoms with Gasteiger partial charge in [-0.2, -0.15) is 4.37 Å². The number of methoxy groups -OCH3 is 1. The van der Waals surface area contributed by atoms with Crippen molar-refractivity contribution >= 4 is 29.3 Å². The lowest BCUT2D eigenvalue weighted by molar-refractivity contribution is -0.136. The average Bonchev–Trinajstić information content (AvgIpc) is 2.69. The Morgan fingerprint density at radius 2 is 2.57 bits per heavy atom. The summed E-state index contributed by atoms with van der Waals surface area (Å²) in [5.74, 6) is 0.415. The molecule has 0 radical (unpaired) electrons. The van der Waals surface area contributed by atoms with Crippen LogP contribution in [-0.4, -0.2) is 28.2 Å². The number of hydrogen-bond acceptors (Lipinski definition) is 6. The molecule has 0 aliphatic carbocycles. The van der Waals surface area contributed by atoms with Crippen molar-refractivity contribution in [3.63, 3.8) is 0 Å². The predicted octanol–water partition coefficient (Wildman–Crippen LogP) is 1.75. The minimum absolute atomic E-state index is 0.289. The average molecular weight is 230 g/mol. The summed E-state index contributed by atoms with van der Waals surface area (Å²) >= 11 is 2.89. The van der Waals surface area contributed by atoms with Gasteiger partial charge in [0.25, 0.3) is 0 Å². The summed E-state index contributed by atoms with van der Waals surface area (Å²) in [6, 6.07) is 0. The Bertz CT molecular complexity index is 322. The third-order valence-electron chi connectivity index (χ3n) is 1.44. The summed E-state index contributed by atoms with van der Waals surface area (Å²) in [6.07, 6.45) is 3.34. The molecule has 1 heterocycles. The molecule has 6 heteroatoms. The summed E-state index contributed by atoms with van der Waals surface area (Å²) in [4.78, 5) is 15.0. The first-order valence-corrected chi connectivity index (χ1v) is 5.64. The first kappa shape index (κ1) is 11.2. The maximum atomic E-state index is 11.0. The van der Waals surface area contributed by atoms with Crippen LogP contribution in [0.4, 0.5) is 0 Å². The Balaban J connectivity index is 2.36. The number of carbonyl (C=O) groups excluding carboxylic acids is 1. The number of thioether (sulfide) groups is 1. The third kappa shape index (κ3) is 3.47. The molecular weight excluding hydrogens is 220 g/mol. The van der Waals surface area contributed by atoms with Crippen molar-refractivity contribution in [2.45, 2.75) is 11.3 Å². The molecule has 0 aliphatic heterocycles. The van der Waals surface area contributed by atoms with Gasteiger partial charge in [-0.3, -0.25) is 0 Å². The van der Waals surface area contributed by atoms with E-state index >= 15 is 0 Å². The van der Waals surface area contributed by atoms with Gasteiger partial charge in [-0.05, 0) is 18.5 Å². The predicted molar refractivity (Wildman–Crippen MR) is 56.4 cm³/mol. The number of ether oxygens (including phenoxy) is 1. The summed E-state index contributed by atoms with van der Waals surface area (Å²) < 4.78 is 9.33. The molecule has 0 unspecified atom stereocenters. The quantitative estimate of drug-likeness (QED) is 0.448. The molecule has 0 saturated carbocycles. The van der Waals surface area contributed by atoms with Gasteiger partial charge in [0.1, 0.15) is 6.33 Å². The SMILES string of the molecule is COC(=O)C(C)=CCSc1ncns1. The normalized spacial score (nSPS) is 11.4. The number of rotatable bonds is 4. The van der Waals surface area contributed by atoms with Gasteiger partial charge in [0.2, 0.25) is 0 Å². The molecule has 1 rings (SSSR count). The fourth-order valence-electron chi connectivity index (χ4n) is 0.709. The maximum Gasteiger partial charge on any atom is 0.333 e. The second-order valence-corrected chi connectivity index (χ2v) is 4.44. The Morgan fingerprint density at radius 3 is 3.14 bits per heavy atom. The fourth-order valence-corrected chi connectivity index (χ4v) is 2.13. The summed E-state index contributed by atoms with van der Waals surface area (Å²) in [5.41, 5.74) is 0.615. The minimum Gasteiger partial charge on any atom is -0.466 e. The molecule has 4 nitrogen and oxygen atoms in total. The molecule has 1 aromatic rings. The standard InChI is InChI=1S/C8H10N2O2S2/c1-6(7(11)12-2)3-4-13-8-9-5-10-14-8/h3,5H,4H2,1-2H3. The molecule has 0 spiro atoms. The smallest absolute Gasteiger partial charge is 0.333 e. The Labute approximate surface area is 90.6 Å². The highest BCUT2D eigenvalue weighted by atomic mass is 32.2. The van der Waals surface area contributed by atoms with Gasteiger partial charge < -0.3 is 4.74 Å². The zero-order valence-electron chi connectivity index (χ0n) is 7.89. The van der Waals surface area contributed by atoms with Crippen LogP contribution in [0.15, 0.2) is 22.3 Å². The van der Waals surface area contributed by atoms with Crippen molar-refractivity contribution in [2.75, 3.05) is 12.9 Å². The molecule has 0 N–H and O–H groups in total. The van der Waals surface area contributed by atoms with E-state index in [1.54, 1.807) is 18.7 Å². The highest BCUT2D eigenvalue weighted by molar-refractivity contribution is 8.01. The molecule has 0 amide bonds. The van der Waals surface area contributed by atoms with Gasteiger partial charge in [-0.15, -0.1) is 0 Å². The van der Waals surface area contributed by atoms with Crippen LogP contribution in [-0.2, 0) is 9.53 Å². The minimum atomic E-state index is -0.289. The lowest BCUT2D eigenvalue weighted by Gasteiger charge is -1.97. The zero-order chi connectivity index (χ0) is 10.4. The summed E-state index contributed by atoms with van der Waals surface area (Å²) in [5, 5.41) is 0. The Kier molecular flexibility index (Phi) is 4.61. The van der Waals surface area contributed by atoms with E-state index in [2.05, 4.69) is 14.1 Å². The lowest BCUT2D eigenvalue weighted by atomic mass is 10.3. The Morgan fingerprint density at radius 1 is 1.79 bits per heavy atom. The van der Waals surface area contributed by atoms with Crippen LogP contribution in [0, 0.1) is 0 Å². The van der Waals surface area contributed by atoms with E-state index in [9.17, 15) is 4.79 Å². The van der Waals surface area contributed by atoms with E-state index in [0.717, 1.165) is 4.34 Å². The van der Waals surface area contributed by atoms with E-state index < -0.39 is 0 Å². The highest BCUT2D eigenvalue weighted by Gasteiger charge is 2.02. The van der Waals surface area contributed by atoms with E-state index in [0.29, 0.717) is 11.3 Å². The second kappa shape index (κ2) is 5.77. The lowest BCUT2D eigenvalue weighted by Crippen LogP contribution is -2.01. The van der Waals surface area contributed by atoms with Crippen LogP contribution in [0.3, 0.4) is 0 Å². The van der Waals surface area contributed by atoms with E-state index in [1.807, 2.05) is 6.08 Å². The molecule has 0 aromatic carbocycles. The summed E-state index contributed by atoms with van der Waals surface area (Å²) in [6.45, 7) is 1.73. The Hall–Kier alpha value is -0.880. The second-order valence-electron chi connectivity index (χ2n) is 2.40. The molecule has 76 valence electrons. The zero-order valence-corrected chi connectivity index (χ0v) is 9.52. The molecular formula is C8H10N2O2S2. The number of hydrogen-bond donors (Lipinski definition) is 0. The van der Waals surface area contributed by atoms with Crippen molar-refractivity contribution in [3.8, 4) is 0 Å². The van der Waals surface area contributed by atoms with Crippen molar-refractivity contribution in [1.29, 1.82) is 0 Å². The fraction of sp³-hybridized carbons (Fsp3) is 0.375. The van der Waals surface area contributed by atoms with Crippen LogP contribution in [0.5, 0.6) is 0 Å². The van der Waals surface area contributed by atoms with Crippen LogP contribution in [0.25, 0.3) is 0 Å². The number of nitrogens with zero attached hydrogens (tertiary/aromatic N) is 2. The molecule has 0 atom stereocenters. The number of esters is 1. The van der Waals surface area contributed by atoms with Gasteiger partial charge in [0, 0.05) is 11.3 Å². The molecule has 0 saturated heterocycles. The molecule has 0 fully saturated rings. The van der Waals surface area contributed by atoms with Gasteiger partial charge in [-0.1, -0.05) is 17.8 Å². The number of carbonyl (C=O) groups is 1. The van der Waals surface area contributed by atoms with Crippen molar-refractivity contribution in [3.05, 3.63) is 18.0 Å². The van der Waals surface area contributed by atoms with Crippen LogP contribution in [0.1, 0.15) is 6.92 Å².